The van der Waals surface area contributed by atoms with Gasteiger partial charge in [-0.15, -0.1) is 0 Å². The fourth-order valence-electron chi connectivity index (χ4n) is 2.40. The van der Waals surface area contributed by atoms with Crippen molar-refractivity contribution in [2.45, 2.75) is 38.8 Å². The summed E-state index contributed by atoms with van der Waals surface area (Å²) in [5.74, 6) is 0.241. The van der Waals surface area contributed by atoms with Crippen LogP contribution in [0.2, 0.25) is 0 Å². The van der Waals surface area contributed by atoms with Crippen molar-refractivity contribution in [2.24, 2.45) is 0 Å². The maximum absolute atomic E-state index is 12.3. The van der Waals surface area contributed by atoms with Crippen molar-refractivity contribution in [3.8, 4) is 0 Å². The van der Waals surface area contributed by atoms with E-state index in [0.29, 0.717) is 5.76 Å². The molecule has 0 aliphatic carbocycles. The Bertz CT molecular complexity index is 625. The highest BCUT2D eigenvalue weighted by Crippen LogP contribution is 2.19. The first-order valence-corrected chi connectivity index (χ1v) is 7.46. The molecular weight excluding hydrogens is 300 g/mol. The van der Waals surface area contributed by atoms with Crippen LogP contribution in [0.5, 0.6) is 0 Å². The number of nitrogens with zero attached hydrogens (tertiary/aromatic N) is 4. The van der Waals surface area contributed by atoms with Gasteiger partial charge in [-0.1, -0.05) is 19.0 Å². The highest BCUT2D eigenvalue weighted by molar-refractivity contribution is 6.05. The molecule has 0 N–H and O–H groups in total. The van der Waals surface area contributed by atoms with Gasteiger partial charge in [-0.05, 0) is 5.92 Å². The number of aromatic nitrogens is 1. The van der Waals surface area contributed by atoms with Gasteiger partial charge < -0.3 is 14.3 Å². The van der Waals surface area contributed by atoms with Gasteiger partial charge in [0, 0.05) is 27.2 Å². The van der Waals surface area contributed by atoms with Gasteiger partial charge in [0.2, 0.25) is 5.91 Å². The minimum atomic E-state index is -0.747. The van der Waals surface area contributed by atoms with Gasteiger partial charge in [-0.25, -0.2) is 4.79 Å². The Morgan fingerprint density at radius 1 is 1.39 bits per heavy atom. The molecule has 1 aromatic rings. The molecule has 1 unspecified atom stereocenters. The predicted octanol–water partition coefficient (Wildman–Crippen LogP) is 1.04. The molecule has 8 nitrogen and oxygen atoms in total. The van der Waals surface area contributed by atoms with Crippen LogP contribution in [0.1, 0.15) is 37.6 Å². The summed E-state index contributed by atoms with van der Waals surface area (Å²) >= 11 is 0. The van der Waals surface area contributed by atoms with E-state index in [1.807, 2.05) is 19.9 Å². The zero-order valence-electron chi connectivity index (χ0n) is 14.1. The van der Waals surface area contributed by atoms with E-state index in [1.54, 1.807) is 7.05 Å². The summed E-state index contributed by atoms with van der Waals surface area (Å²) in [6.07, 6.45) is -0.0485. The van der Waals surface area contributed by atoms with Crippen LogP contribution < -0.4 is 0 Å². The Labute approximate surface area is 135 Å². The molecular formula is C15H22N4O4. The summed E-state index contributed by atoms with van der Waals surface area (Å²) in [7, 11) is 4.56. The topological polar surface area (TPSA) is 87.0 Å². The maximum atomic E-state index is 12.3. The zero-order chi connectivity index (χ0) is 17.3. The lowest BCUT2D eigenvalue weighted by Gasteiger charge is -2.20. The number of imide groups is 1. The lowest BCUT2D eigenvalue weighted by Crippen LogP contribution is -2.38. The molecule has 1 fully saturated rings. The first-order chi connectivity index (χ1) is 10.7. The number of hydrogen-bond acceptors (Lipinski definition) is 5. The van der Waals surface area contributed by atoms with Gasteiger partial charge in [-0.2, -0.15) is 0 Å². The summed E-state index contributed by atoms with van der Waals surface area (Å²) in [6.45, 7) is 4.28. The number of hydrogen-bond donors (Lipinski definition) is 0. The Morgan fingerprint density at radius 3 is 2.52 bits per heavy atom. The lowest BCUT2D eigenvalue weighted by atomic mass is 10.1. The number of rotatable bonds is 5. The number of likely N-dealkylation sites (N-methyl/N-ethyl adjacent to an activating group) is 2. The first-order valence-electron chi connectivity index (χ1n) is 7.46. The molecule has 1 aliphatic rings. The molecule has 0 aromatic carbocycles. The second kappa shape index (κ2) is 6.39. The molecule has 2 heterocycles. The van der Waals surface area contributed by atoms with Crippen LogP contribution >= 0.6 is 0 Å². The largest absolute Gasteiger partial charge is 0.359 e. The monoisotopic (exact) mass is 322 g/mol. The minimum Gasteiger partial charge on any atom is -0.359 e. The molecule has 0 spiro atoms. The third-order valence-electron chi connectivity index (χ3n) is 4.03. The van der Waals surface area contributed by atoms with E-state index in [2.05, 4.69) is 5.16 Å². The highest BCUT2D eigenvalue weighted by atomic mass is 16.5. The van der Waals surface area contributed by atoms with Crippen molar-refractivity contribution in [1.82, 2.24) is 19.9 Å². The van der Waals surface area contributed by atoms with E-state index < -0.39 is 12.1 Å². The lowest BCUT2D eigenvalue weighted by molar-refractivity contribution is -0.136. The van der Waals surface area contributed by atoms with Crippen molar-refractivity contribution < 1.29 is 18.9 Å². The van der Waals surface area contributed by atoms with Gasteiger partial charge in [0.15, 0.2) is 5.76 Å². The molecule has 4 amide bonds. The van der Waals surface area contributed by atoms with E-state index in [0.717, 1.165) is 10.6 Å². The fraction of sp³-hybridized carbons (Fsp3) is 0.600. The second-order valence-corrected chi connectivity index (χ2v) is 6.13. The van der Waals surface area contributed by atoms with Crippen LogP contribution in [0.4, 0.5) is 4.79 Å². The smallest absolute Gasteiger partial charge is 0.326 e. The van der Waals surface area contributed by atoms with Crippen LogP contribution in [0, 0.1) is 0 Å². The molecule has 0 radical (unpaired) electrons. The third kappa shape index (κ3) is 3.35. The summed E-state index contributed by atoms with van der Waals surface area (Å²) in [6, 6.07) is 0.675. The molecule has 23 heavy (non-hydrogen) atoms. The molecule has 2 rings (SSSR count). The Hall–Kier alpha value is -2.38. The summed E-state index contributed by atoms with van der Waals surface area (Å²) in [5.41, 5.74) is 0.832. The molecule has 1 aliphatic heterocycles. The summed E-state index contributed by atoms with van der Waals surface area (Å²) in [4.78, 5) is 39.8. The van der Waals surface area contributed by atoms with Crippen LogP contribution in [0.25, 0.3) is 0 Å². The quantitative estimate of drug-likeness (QED) is 0.756. The zero-order valence-corrected chi connectivity index (χ0v) is 14.1. The average molecular weight is 322 g/mol. The molecule has 8 heteroatoms. The summed E-state index contributed by atoms with van der Waals surface area (Å²) in [5, 5.41) is 3.95. The summed E-state index contributed by atoms with van der Waals surface area (Å²) < 4.78 is 5.21. The van der Waals surface area contributed by atoms with Crippen molar-refractivity contribution in [3.05, 3.63) is 17.5 Å². The Balaban J connectivity index is 1.97. The molecule has 1 saturated heterocycles. The van der Waals surface area contributed by atoms with Crippen LogP contribution in [0.15, 0.2) is 10.6 Å². The SMILES string of the molecule is CC(C)c1cc(CN(C)C(=O)CC2C(=O)N(C)C(=O)N2C)on1. The van der Waals surface area contributed by atoms with Crippen LogP contribution in [0.3, 0.4) is 0 Å². The molecule has 0 bridgehead atoms. The Morgan fingerprint density at radius 2 is 2.04 bits per heavy atom. The normalized spacial score (nSPS) is 18.3. The fourth-order valence-corrected chi connectivity index (χ4v) is 2.40. The standard InChI is InChI=1S/C15H22N4O4/c1-9(2)11-6-10(23-16-11)8-17(3)13(20)7-12-14(21)19(5)15(22)18(12)4/h6,9,12H,7-8H2,1-5H3. The highest BCUT2D eigenvalue weighted by Gasteiger charge is 2.42. The van der Waals surface area contributed by atoms with Crippen LogP contribution in [-0.4, -0.2) is 64.9 Å². The van der Waals surface area contributed by atoms with Gasteiger partial charge >= 0.3 is 6.03 Å². The van der Waals surface area contributed by atoms with Crippen molar-refractivity contribution >= 4 is 17.8 Å². The average Bonchev–Trinajstić information content (AvgIpc) is 3.03. The number of carbonyl (C=O) groups excluding carboxylic acids is 3. The van der Waals surface area contributed by atoms with Crippen molar-refractivity contribution in [1.29, 1.82) is 0 Å². The maximum Gasteiger partial charge on any atom is 0.326 e. The van der Waals surface area contributed by atoms with Gasteiger partial charge in [0.05, 0.1) is 18.7 Å². The van der Waals surface area contributed by atoms with E-state index in [1.165, 1.54) is 23.9 Å². The van der Waals surface area contributed by atoms with Crippen molar-refractivity contribution in [2.75, 3.05) is 21.1 Å². The minimum absolute atomic E-state index is 0.0485. The molecule has 126 valence electrons. The van der Waals surface area contributed by atoms with Gasteiger partial charge in [-0.3, -0.25) is 14.5 Å². The Kier molecular flexibility index (Phi) is 4.72. The predicted molar refractivity (Wildman–Crippen MR) is 81.4 cm³/mol. The molecule has 0 saturated carbocycles. The van der Waals surface area contributed by atoms with Crippen LogP contribution in [-0.2, 0) is 16.1 Å². The molecule has 1 atom stereocenters. The number of carbonyl (C=O) groups is 3. The van der Waals surface area contributed by atoms with E-state index in [9.17, 15) is 14.4 Å². The number of amides is 4. The van der Waals surface area contributed by atoms with E-state index >= 15 is 0 Å². The third-order valence-corrected chi connectivity index (χ3v) is 4.03. The number of urea groups is 1. The molecule has 1 aromatic heterocycles. The van der Waals surface area contributed by atoms with Gasteiger partial charge in [0.1, 0.15) is 6.04 Å². The first kappa shape index (κ1) is 17.0. The van der Waals surface area contributed by atoms with E-state index in [-0.39, 0.29) is 30.7 Å². The second-order valence-electron chi connectivity index (χ2n) is 6.13. The van der Waals surface area contributed by atoms with Gasteiger partial charge in [0.25, 0.3) is 5.91 Å². The van der Waals surface area contributed by atoms with E-state index in [4.69, 9.17) is 4.52 Å². The van der Waals surface area contributed by atoms with Crippen molar-refractivity contribution in [3.63, 3.8) is 0 Å².